The molecule has 19 heavy (non-hydrogen) atoms. The molecule has 2 heterocycles. The van der Waals surface area contributed by atoms with Crippen LogP contribution in [0.1, 0.15) is 12.6 Å². The Kier molecular flexibility index (Phi) is 4.93. The molecular weight excluding hydrogens is 244 g/mol. The van der Waals surface area contributed by atoms with Gasteiger partial charge in [-0.25, -0.2) is 4.98 Å². The van der Waals surface area contributed by atoms with E-state index in [1.54, 1.807) is 13.2 Å². The van der Waals surface area contributed by atoms with Crippen molar-refractivity contribution in [1.82, 2.24) is 14.9 Å². The van der Waals surface area contributed by atoms with Gasteiger partial charge in [0.1, 0.15) is 0 Å². The zero-order chi connectivity index (χ0) is 13.7. The highest BCUT2D eigenvalue weighted by molar-refractivity contribution is 5.30. The number of ether oxygens (including phenoxy) is 2. The maximum atomic E-state index is 5.73. The third-order valence-corrected chi connectivity index (χ3v) is 3.20. The topological polar surface area (TPSA) is 59.5 Å². The molecule has 1 aromatic heterocycles. The lowest BCUT2D eigenvalue weighted by atomic mass is 10.2. The summed E-state index contributed by atoms with van der Waals surface area (Å²) in [5, 5.41) is 3.22. The zero-order valence-electron chi connectivity index (χ0n) is 11.8. The maximum Gasteiger partial charge on any atom is 0.226 e. The lowest BCUT2D eigenvalue weighted by Gasteiger charge is -2.32. The first kappa shape index (κ1) is 14.0. The van der Waals surface area contributed by atoms with Gasteiger partial charge in [0.25, 0.3) is 0 Å². The van der Waals surface area contributed by atoms with Gasteiger partial charge in [-0.2, -0.15) is 4.98 Å². The van der Waals surface area contributed by atoms with E-state index in [0.29, 0.717) is 18.4 Å². The van der Waals surface area contributed by atoms with E-state index in [1.165, 1.54) is 0 Å². The van der Waals surface area contributed by atoms with Gasteiger partial charge in [0.05, 0.1) is 19.8 Å². The number of nitrogens with one attached hydrogen (secondary N) is 1. The summed E-state index contributed by atoms with van der Waals surface area (Å²) in [6.45, 7) is 8.62. The zero-order valence-corrected chi connectivity index (χ0v) is 11.8. The van der Waals surface area contributed by atoms with Crippen LogP contribution in [0.15, 0.2) is 6.07 Å². The Bertz CT molecular complexity index is 414. The molecule has 0 bridgehead atoms. The van der Waals surface area contributed by atoms with E-state index in [-0.39, 0.29) is 6.10 Å². The van der Waals surface area contributed by atoms with Gasteiger partial charge in [-0.15, -0.1) is 0 Å². The molecule has 1 atom stereocenters. The summed E-state index contributed by atoms with van der Waals surface area (Å²) >= 11 is 0. The van der Waals surface area contributed by atoms with Gasteiger partial charge in [-0.3, -0.25) is 4.90 Å². The average molecular weight is 266 g/mol. The summed E-state index contributed by atoms with van der Waals surface area (Å²) in [6.07, 6.45) is 0.184. The first-order valence-electron chi connectivity index (χ1n) is 6.68. The summed E-state index contributed by atoms with van der Waals surface area (Å²) in [5.74, 6) is 1.17. The minimum Gasteiger partial charge on any atom is -0.481 e. The highest BCUT2D eigenvalue weighted by atomic mass is 16.5. The van der Waals surface area contributed by atoms with Gasteiger partial charge in [-0.1, -0.05) is 6.92 Å². The Labute approximate surface area is 114 Å². The normalized spacial score (nSPS) is 20.3. The van der Waals surface area contributed by atoms with Crippen LogP contribution in [0.2, 0.25) is 0 Å². The fourth-order valence-corrected chi connectivity index (χ4v) is 2.12. The molecule has 0 amide bonds. The van der Waals surface area contributed by atoms with Crippen LogP contribution in [-0.4, -0.2) is 60.9 Å². The summed E-state index contributed by atoms with van der Waals surface area (Å²) in [6, 6.07) is 1.81. The molecule has 6 nitrogen and oxygen atoms in total. The summed E-state index contributed by atoms with van der Waals surface area (Å²) in [7, 11) is 1.61. The van der Waals surface area contributed by atoms with Gasteiger partial charge < -0.3 is 14.8 Å². The Balaban J connectivity index is 1.89. The summed E-state index contributed by atoms with van der Waals surface area (Å²) < 4.78 is 10.9. The minimum absolute atomic E-state index is 0.184. The largest absolute Gasteiger partial charge is 0.481 e. The molecule has 0 spiro atoms. The van der Waals surface area contributed by atoms with Crippen LogP contribution in [0.3, 0.4) is 0 Å². The lowest BCUT2D eigenvalue weighted by Crippen LogP contribution is -2.45. The molecule has 6 heteroatoms. The fourth-order valence-electron chi connectivity index (χ4n) is 2.12. The molecule has 1 saturated heterocycles. The third kappa shape index (κ3) is 4.04. The second-order valence-electron chi connectivity index (χ2n) is 4.64. The van der Waals surface area contributed by atoms with E-state index in [1.807, 2.05) is 6.92 Å². The number of aryl methyl sites for hydroxylation is 1. The van der Waals surface area contributed by atoms with Crippen molar-refractivity contribution in [2.45, 2.75) is 20.0 Å². The SMILES string of the molecule is CCN1CCOC(CNc2nc(C)cc(OC)n2)C1. The Morgan fingerprint density at radius 2 is 2.37 bits per heavy atom. The molecule has 0 radical (unpaired) electrons. The molecule has 0 aliphatic carbocycles. The van der Waals surface area contributed by atoms with Gasteiger partial charge in [0, 0.05) is 31.4 Å². The number of aromatic nitrogens is 2. The number of methoxy groups -OCH3 is 1. The highest BCUT2D eigenvalue weighted by Gasteiger charge is 2.19. The van der Waals surface area contributed by atoms with Crippen LogP contribution in [0, 0.1) is 6.92 Å². The Hall–Kier alpha value is -1.40. The lowest BCUT2D eigenvalue weighted by molar-refractivity contribution is -0.0192. The van der Waals surface area contributed by atoms with Crippen molar-refractivity contribution in [2.75, 3.05) is 45.2 Å². The Morgan fingerprint density at radius 1 is 1.53 bits per heavy atom. The smallest absolute Gasteiger partial charge is 0.226 e. The molecule has 1 unspecified atom stereocenters. The minimum atomic E-state index is 0.184. The van der Waals surface area contributed by atoms with Gasteiger partial charge in [0.2, 0.25) is 11.8 Å². The molecule has 2 rings (SSSR count). The Morgan fingerprint density at radius 3 is 3.11 bits per heavy atom. The van der Waals surface area contributed by atoms with Crippen LogP contribution in [0.25, 0.3) is 0 Å². The number of hydrogen-bond donors (Lipinski definition) is 1. The van der Waals surface area contributed by atoms with Crippen molar-refractivity contribution >= 4 is 5.95 Å². The number of anilines is 1. The van der Waals surface area contributed by atoms with Gasteiger partial charge in [-0.05, 0) is 13.5 Å². The van der Waals surface area contributed by atoms with Crippen molar-refractivity contribution in [1.29, 1.82) is 0 Å². The van der Waals surface area contributed by atoms with Crippen molar-refractivity contribution < 1.29 is 9.47 Å². The molecule has 1 aliphatic heterocycles. The predicted octanol–water partition coefficient (Wildman–Crippen LogP) is 0.926. The molecule has 106 valence electrons. The number of rotatable bonds is 5. The van der Waals surface area contributed by atoms with Crippen LogP contribution in [0.5, 0.6) is 5.88 Å². The summed E-state index contributed by atoms with van der Waals surface area (Å²) in [4.78, 5) is 11.0. The van der Waals surface area contributed by atoms with Gasteiger partial charge >= 0.3 is 0 Å². The van der Waals surface area contributed by atoms with Crippen LogP contribution in [0.4, 0.5) is 5.95 Å². The van der Waals surface area contributed by atoms with Crippen LogP contribution < -0.4 is 10.1 Å². The fraction of sp³-hybridized carbons (Fsp3) is 0.692. The average Bonchev–Trinajstić information content (AvgIpc) is 2.44. The second kappa shape index (κ2) is 6.68. The predicted molar refractivity (Wildman–Crippen MR) is 73.7 cm³/mol. The molecule has 0 aromatic carbocycles. The molecule has 0 saturated carbocycles. The first-order valence-corrected chi connectivity index (χ1v) is 6.68. The molecule has 1 aromatic rings. The van der Waals surface area contributed by atoms with Crippen LogP contribution in [-0.2, 0) is 4.74 Å². The number of hydrogen-bond acceptors (Lipinski definition) is 6. The van der Waals surface area contributed by atoms with Crippen LogP contribution >= 0.6 is 0 Å². The first-order chi connectivity index (χ1) is 9.21. The van der Waals surface area contributed by atoms with E-state index in [0.717, 1.165) is 31.9 Å². The highest BCUT2D eigenvalue weighted by Crippen LogP contribution is 2.12. The quantitative estimate of drug-likeness (QED) is 0.855. The van der Waals surface area contributed by atoms with Crippen molar-refractivity contribution in [3.05, 3.63) is 11.8 Å². The van der Waals surface area contributed by atoms with E-state index in [2.05, 4.69) is 27.1 Å². The molecule has 1 fully saturated rings. The monoisotopic (exact) mass is 266 g/mol. The van der Waals surface area contributed by atoms with E-state index < -0.39 is 0 Å². The number of likely N-dealkylation sites (N-methyl/N-ethyl adjacent to an activating group) is 1. The van der Waals surface area contributed by atoms with Crippen molar-refractivity contribution in [3.8, 4) is 5.88 Å². The van der Waals surface area contributed by atoms with Crippen molar-refractivity contribution in [2.24, 2.45) is 0 Å². The van der Waals surface area contributed by atoms with E-state index >= 15 is 0 Å². The van der Waals surface area contributed by atoms with E-state index in [9.17, 15) is 0 Å². The van der Waals surface area contributed by atoms with Gasteiger partial charge in [0.15, 0.2) is 0 Å². The molecule has 1 N–H and O–H groups in total. The van der Waals surface area contributed by atoms with Crippen molar-refractivity contribution in [3.63, 3.8) is 0 Å². The summed E-state index contributed by atoms with van der Waals surface area (Å²) in [5.41, 5.74) is 0.883. The molecular formula is C13H22N4O2. The standard InChI is InChI=1S/C13H22N4O2/c1-4-17-5-6-19-11(9-17)8-14-13-15-10(2)7-12(16-13)18-3/h7,11H,4-6,8-9H2,1-3H3,(H,14,15,16). The number of morpholine rings is 1. The maximum absolute atomic E-state index is 5.73. The number of nitrogens with zero attached hydrogens (tertiary/aromatic N) is 3. The second-order valence-corrected chi connectivity index (χ2v) is 4.64. The molecule has 1 aliphatic rings. The van der Waals surface area contributed by atoms with E-state index in [4.69, 9.17) is 9.47 Å². The third-order valence-electron chi connectivity index (χ3n) is 3.20.